The van der Waals surface area contributed by atoms with Crippen LogP contribution in [0.25, 0.3) is 0 Å². The number of pyridine rings is 1. The first-order chi connectivity index (χ1) is 9.14. The monoisotopic (exact) mass is 406 g/mol. The van der Waals surface area contributed by atoms with E-state index in [2.05, 4.69) is 14.5 Å². The Labute approximate surface area is 123 Å². The van der Waals surface area contributed by atoms with Crippen molar-refractivity contribution in [1.82, 2.24) is 4.98 Å². The molecule has 1 aromatic heterocycles. The zero-order valence-corrected chi connectivity index (χ0v) is 11.9. The highest BCUT2D eigenvalue weighted by atomic mass is 127. The van der Waals surface area contributed by atoms with Crippen LogP contribution in [0.15, 0.2) is 6.07 Å². The van der Waals surface area contributed by atoms with Crippen molar-refractivity contribution in [2.45, 2.75) is 12.8 Å². The maximum absolute atomic E-state index is 12.3. The molecule has 0 saturated heterocycles. The highest BCUT2D eigenvalue weighted by Crippen LogP contribution is 2.35. The van der Waals surface area contributed by atoms with E-state index in [-0.39, 0.29) is 3.70 Å². The van der Waals surface area contributed by atoms with Crippen LogP contribution in [0.1, 0.15) is 5.69 Å². The topological polar surface area (TPSA) is 91.6 Å². The quantitative estimate of drug-likeness (QED) is 0.250. The smallest absolute Gasteiger partial charge is 0.469 e. The molecule has 0 aliphatic carbocycles. The van der Waals surface area contributed by atoms with Gasteiger partial charge >= 0.3 is 18.0 Å². The average molecular weight is 406 g/mol. The molecular formula is C9H6F3IN2O5. The van der Waals surface area contributed by atoms with Crippen LogP contribution in [-0.2, 0) is 16.0 Å². The maximum Gasteiger partial charge on any atom is 0.573 e. The van der Waals surface area contributed by atoms with Gasteiger partial charge in [0.2, 0.25) is 5.75 Å². The third-order valence-electron chi connectivity index (χ3n) is 1.95. The molecule has 110 valence electrons. The summed E-state index contributed by atoms with van der Waals surface area (Å²) in [4.78, 5) is 24.5. The first-order valence-electron chi connectivity index (χ1n) is 4.80. The lowest BCUT2D eigenvalue weighted by atomic mass is 10.2. The van der Waals surface area contributed by atoms with E-state index in [1.165, 1.54) is 0 Å². The molecule has 0 aliphatic heterocycles. The van der Waals surface area contributed by atoms with Crippen molar-refractivity contribution in [3.05, 3.63) is 25.6 Å². The van der Waals surface area contributed by atoms with Crippen molar-refractivity contribution in [2.24, 2.45) is 0 Å². The molecule has 0 radical (unpaired) electrons. The highest BCUT2D eigenvalue weighted by molar-refractivity contribution is 14.1. The van der Waals surface area contributed by atoms with Gasteiger partial charge in [-0.05, 0) is 22.6 Å². The van der Waals surface area contributed by atoms with E-state index in [0.29, 0.717) is 0 Å². The summed E-state index contributed by atoms with van der Waals surface area (Å²) in [7, 11) is 1.02. The second-order valence-corrected chi connectivity index (χ2v) is 4.40. The van der Waals surface area contributed by atoms with Crippen LogP contribution in [0, 0.1) is 13.8 Å². The number of aromatic nitrogens is 1. The number of alkyl halides is 3. The number of hydrogen-bond acceptors (Lipinski definition) is 6. The molecule has 0 atom stereocenters. The Hall–Kier alpha value is -1.66. The van der Waals surface area contributed by atoms with E-state index in [9.17, 15) is 28.1 Å². The van der Waals surface area contributed by atoms with E-state index in [0.717, 1.165) is 13.2 Å². The molecule has 20 heavy (non-hydrogen) atoms. The molecular weight excluding hydrogens is 400 g/mol. The number of nitro groups is 1. The normalized spacial score (nSPS) is 11.1. The van der Waals surface area contributed by atoms with Gasteiger partial charge in [-0.25, -0.2) is 4.98 Å². The summed E-state index contributed by atoms with van der Waals surface area (Å²) in [5.41, 5.74) is -1.45. The van der Waals surface area contributed by atoms with Crippen molar-refractivity contribution in [3.63, 3.8) is 0 Å². The van der Waals surface area contributed by atoms with Gasteiger partial charge in [-0.2, -0.15) is 0 Å². The zero-order chi connectivity index (χ0) is 15.5. The largest absolute Gasteiger partial charge is 0.573 e. The maximum atomic E-state index is 12.3. The fourth-order valence-electron chi connectivity index (χ4n) is 1.23. The molecule has 7 nitrogen and oxygen atoms in total. The molecule has 0 N–H and O–H groups in total. The second-order valence-electron chi connectivity index (χ2n) is 3.30. The minimum Gasteiger partial charge on any atom is -0.469 e. The van der Waals surface area contributed by atoms with Gasteiger partial charge in [0.15, 0.2) is 0 Å². The van der Waals surface area contributed by atoms with Gasteiger partial charge in [-0.3, -0.25) is 14.9 Å². The summed E-state index contributed by atoms with van der Waals surface area (Å²) in [6, 6.07) is 0.808. The van der Waals surface area contributed by atoms with E-state index in [1.54, 1.807) is 22.6 Å². The van der Waals surface area contributed by atoms with Crippen LogP contribution in [0.2, 0.25) is 0 Å². The zero-order valence-electron chi connectivity index (χ0n) is 9.73. The predicted molar refractivity (Wildman–Crippen MR) is 66.0 cm³/mol. The Morgan fingerprint density at radius 1 is 1.55 bits per heavy atom. The third kappa shape index (κ3) is 4.47. The van der Waals surface area contributed by atoms with E-state index in [1.807, 2.05) is 0 Å². The molecule has 0 amide bonds. The molecule has 0 saturated carbocycles. The average Bonchev–Trinajstić information content (AvgIpc) is 2.30. The molecule has 0 aliphatic rings. The van der Waals surface area contributed by atoms with Gasteiger partial charge in [0.05, 0.1) is 24.5 Å². The van der Waals surface area contributed by atoms with Crippen molar-refractivity contribution >= 4 is 34.2 Å². The summed E-state index contributed by atoms with van der Waals surface area (Å²) in [6.45, 7) is 0. The lowest BCUT2D eigenvalue weighted by Gasteiger charge is -2.12. The number of hydrogen-bond donors (Lipinski definition) is 0. The Balaban J connectivity index is 3.38. The van der Waals surface area contributed by atoms with E-state index < -0.39 is 40.8 Å². The highest BCUT2D eigenvalue weighted by Gasteiger charge is 2.37. The van der Waals surface area contributed by atoms with Crippen LogP contribution >= 0.6 is 22.6 Å². The number of esters is 1. The molecule has 11 heteroatoms. The molecule has 0 unspecified atom stereocenters. The molecule has 1 aromatic rings. The van der Waals surface area contributed by atoms with Crippen LogP contribution in [0.4, 0.5) is 18.9 Å². The predicted octanol–water partition coefficient (Wildman–Crippen LogP) is 2.21. The summed E-state index contributed by atoms with van der Waals surface area (Å²) < 4.78 is 44.8. The van der Waals surface area contributed by atoms with Crippen molar-refractivity contribution < 1.29 is 32.4 Å². The third-order valence-corrected chi connectivity index (χ3v) is 2.50. The number of carbonyl (C=O) groups is 1. The molecule has 1 heterocycles. The Morgan fingerprint density at radius 3 is 2.60 bits per heavy atom. The van der Waals surface area contributed by atoms with E-state index >= 15 is 0 Å². The van der Waals surface area contributed by atoms with Gasteiger partial charge in [0.25, 0.3) is 0 Å². The van der Waals surface area contributed by atoms with E-state index in [4.69, 9.17) is 0 Å². The fourth-order valence-corrected chi connectivity index (χ4v) is 1.82. The second kappa shape index (κ2) is 6.19. The Bertz CT molecular complexity index is 549. The minimum atomic E-state index is -5.15. The number of nitrogens with zero attached hydrogens (tertiary/aromatic N) is 2. The molecule has 0 aromatic carbocycles. The first kappa shape index (κ1) is 16.4. The van der Waals surface area contributed by atoms with Crippen LogP contribution < -0.4 is 4.74 Å². The lowest BCUT2D eigenvalue weighted by Crippen LogP contribution is -2.20. The van der Waals surface area contributed by atoms with Gasteiger partial charge in [0, 0.05) is 0 Å². The number of halogens is 4. The van der Waals surface area contributed by atoms with Gasteiger partial charge in [-0.1, -0.05) is 0 Å². The number of ether oxygens (including phenoxy) is 2. The Morgan fingerprint density at radius 2 is 2.15 bits per heavy atom. The molecule has 0 fully saturated rings. The summed E-state index contributed by atoms with van der Waals surface area (Å²) >= 11 is 1.57. The standard InChI is InChI=1S/C9H6F3IN2O5/c1-19-7(16)2-4-8(20-9(10,11)12)5(15(17)18)3-6(13)14-4/h3H,2H2,1H3. The summed E-state index contributed by atoms with van der Waals surface area (Å²) in [5.74, 6) is -2.02. The van der Waals surface area contributed by atoms with Crippen molar-refractivity contribution in [3.8, 4) is 5.75 Å². The SMILES string of the molecule is COC(=O)Cc1nc(I)cc([N+](=O)[O-])c1OC(F)(F)F. The summed E-state index contributed by atoms with van der Waals surface area (Å²) in [5, 5.41) is 10.8. The van der Waals surface area contributed by atoms with Crippen molar-refractivity contribution in [1.29, 1.82) is 0 Å². The Kier molecular flexibility index (Phi) is 5.08. The number of methoxy groups -OCH3 is 1. The van der Waals surface area contributed by atoms with Gasteiger partial charge in [0.1, 0.15) is 9.39 Å². The summed E-state index contributed by atoms with van der Waals surface area (Å²) in [6.07, 6.45) is -5.83. The lowest BCUT2D eigenvalue weighted by molar-refractivity contribution is -0.388. The van der Waals surface area contributed by atoms with Gasteiger partial charge in [-0.15, -0.1) is 13.2 Å². The van der Waals surface area contributed by atoms with Gasteiger partial charge < -0.3 is 9.47 Å². The first-order valence-corrected chi connectivity index (χ1v) is 5.88. The van der Waals surface area contributed by atoms with Crippen LogP contribution in [0.3, 0.4) is 0 Å². The minimum absolute atomic E-state index is 0.0442. The fraction of sp³-hybridized carbons (Fsp3) is 0.333. The number of rotatable bonds is 4. The van der Waals surface area contributed by atoms with Crippen LogP contribution in [0.5, 0.6) is 5.75 Å². The number of carbonyl (C=O) groups excluding carboxylic acids is 1. The molecule has 0 spiro atoms. The van der Waals surface area contributed by atoms with Crippen LogP contribution in [-0.4, -0.2) is 29.3 Å². The molecule has 1 rings (SSSR count). The molecule has 0 bridgehead atoms. The van der Waals surface area contributed by atoms with Crippen molar-refractivity contribution in [2.75, 3.05) is 7.11 Å².